The van der Waals surface area contributed by atoms with Gasteiger partial charge in [-0.25, -0.2) is 10.9 Å². The Labute approximate surface area is 163 Å². The fraction of sp³-hybridized carbons (Fsp3) is 0.300. The second-order valence-electron chi connectivity index (χ2n) is 6.29. The quantitative estimate of drug-likeness (QED) is 0.587. The van der Waals surface area contributed by atoms with Crippen LogP contribution in [-0.4, -0.2) is 29.1 Å². The topological polar surface area (TPSA) is 82.3 Å². The molecule has 1 fully saturated rings. The second-order valence-corrected chi connectivity index (χ2v) is 7.38. The van der Waals surface area contributed by atoms with E-state index in [4.69, 9.17) is 0 Å². The van der Waals surface area contributed by atoms with Gasteiger partial charge < -0.3 is 10.6 Å². The van der Waals surface area contributed by atoms with E-state index in [1.54, 1.807) is 0 Å². The van der Waals surface area contributed by atoms with Crippen LogP contribution in [0.25, 0.3) is 0 Å². The highest BCUT2D eigenvalue weighted by molar-refractivity contribution is 8.00. The smallest absolute Gasteiger partial charge is 0.240 e. The summed E-state index contributed by atoms with van der Waals surface area (Å²) >= 11 is 1.33. The number of amides is 2. The zero-order chi connectivity index (χ0) is 19.1. The minimum Gasteiger partial charge on any atom is -0.329 e. The fourth-order valence-electron chi connectivity index (χ4n) is 2.88. The molecule has 2 atom stereocenters. The third kappa shape index (κ3) is 5.56. The van der Waals surface area contributed by atoms with Gasteiger partial charge in [0, 0.05) is 5.69 Å². The Morgan fingerprint density at radius 3 is 2.56 bits per heavy atom. The van der Waals surface area contributed by atoms with E-state index >= 15 is 0 Å². The van der Waals surface area contributed by atoms with Gasteiger partial charge in [0.2, 0.25) is 11.8 Å². The molecule has 0 bridgehead atoms. The molecule has 6 nitrogen and oxygen atoms in total. The van der Waals surface area contributed by atoms with E-state index in [1.165, 1.54) is 11.8 Å². The fourth-order valence-corrected chi connectivity index (χ4v) is 3.62. The first kappa shape index (κ1) is 19.4. The first-order chi connectivity index (χ1) is 13.2. The summed E-state index contributed by atoms with van der Waals surface area (Å²) in [6.45, 7) is 2.05. The van der Waals surface area contributed by atoms with Crippen molar-refractivity contribution in [1.29, 1.82) is 0 Å². The Hall–Kier alpha value is -2.35. The summed E-state index contributed by atoms with van der Waals surface area (Å²) in [5, 5.41) is 5.83. The summed E-state index contributed by atoms with van der Waals surface area (Å²) in [6, 6.07) is 17.3. The molecule has 0 radical (unpaired) electrons. The van der Waals surface area contributed by atoms with Crippen LogP contribution < -0.4 is 21.5 Å². The molecule has 27 heavy (non-hydrogen) atoms. The van der Waals surface area contributed by atoms with Crippen molar-refractivity contribution >= 4 is 29.3 Å². The molecule has 0 aliphatic carbocycles. The zero-order valence-electron chi connectivity index (χ0n) is 15.2. The van der Waals surface area contributed by atoms with Gasteiger partial charge in [-0.3, -0.25) is 9.59 Å². The molecular formula is C20H24N4O2S. The summed E-state index contributed by atoms with van der Waals surface area (Å²) in [5.41, 5.74) is 8.79. The molecule has 3 rings (SSSR count). The van der Waals surface area contributed by atoms with Crippen LogP contribution in [0.4, 0.5) is 5.69 Å². The first-order valence-corrected chi connectivity index (χ1v) is 10.1. The van der Waals surface area contributed by atoms with Crippen molar-refractivity contribution in [3.8, 4) is 0 Å². The Bertz CT molecular complexity index is 785. The summed E-state index contributed by atoms with van der Waals surface area (Å²) in [5.74, 6) is 0.0660. The van der Waals surface area contributed by atoms with Gasteiger partial charge in [0.15, 0.2) is 0 Å². The molecule has 7 heteroatoms. The van der Waals surface area contributed by atoms with Crippen molar-refractivity contribution < 1.29 is 9.59 Å². The van der Waals surface area contributed by atoms with Crippen molar-refractivity contribution in [1.82, 2.24) is 16.2 Å². The van der Waals surface area contributed by atoms with Gasteiger partial charge in [0.25, 0.3) is 0 Å². The number of aryl methyl sites for hydroxylation is 1. The predicted octanol–water partition coefficient (Wildman–Crippen LogP) is 2.04. The Morgan fingerprint density at radius 2 is 1.81 bits per heavy atom. The van der Waals surface area contributed by atoms with Crippen LogP contribution in [-0.2, 0) is 22.4 Å². The van der Waals surface area contributed by atoms with Crippen LogP contribution in [0.2, 0.25) is 0 Å². The molecule has 1 aliphatic heterocycles. The minimum atomic E-state index is -0.350. The first-order valence-electron chi connectivity index (χ1n) is 9.00. The number of carbonyl (C=O) groups is 2. The summed E-state index contributed by atoms with van der Waals surface area (Å²) in [7, 11) is 0. The van der Waals surface area contributed by atoms with Gasteiger partial charge in [-0.05, 0) is 30.0 Å². The average molecular weight is 385 g/mol. The van der Waals surface area contributed by atoms with Gasteiger partial charge in [-0.2, -0.15) is 0 Å². The maximum absolute atomic E-state index is 12.3. The lowest BCUT2D eigenvalue weighted by molar-refractivity contribution is -0.125. The van der Waals surface area contributed by atoms with Crippen LogP contribution in [0.1, 0.15) is 18.1 Å². The number of thioether (sulfide) groups is 1. The molecular weight excluding hydrogens is 360 g/mol. The van der Waals surface area contributed by atoms with Crippen LogP contribution in [0.5, 0.6) is 0 Å². The second kappa shape index (κ2) is 9.55. The lowest BCUT2D eigenvalue weighted by Gasteiger charge is -2.31. The summed E-state index contributed by atoms with van der Waals surface area (Å²) in [6.07, 6.45) is 1.46. The molecule has 4 N–H and O–H groups in total. The standard InChI is InChI=1S/C20H24N4O2S/c1-2-15-10-6-7-11-16(15)21-18(25)13-27-20-22-19(26)17(23-24-20)12-14-8-4-3-5-9-14/h3-11,17,20,23-24H,2,12-13H2,1H3,(H,21,25)(H,22,26). The maximum Gasteiger partial charge on any atom is 0.240 e. The molecule has 142 valence electrons. The monoisotopic (exact) mass is 384 g/mol. The number of hydrogen-bond donors (Lipinski definition) is 4. The number of para-hydroxylation sites is 1. The van der Waals surface area contributed by atoms with E-state index in [2.05, 4.69) is 28.4 Å². The average Bonchev–Trinajstić information content (AvgIpc) is 2.69. The largest absolute Gasteiger partial charge is 0.329 e. The van der Waals surface area contributed by atoms with Gasteiger partial charge in [0.05, 0.1) is 5.75 Å². The van der Waals surface area contributed by atoms with E-state index in [9.17, 15) is 9.59 Å². The van der Waals surface area contributed by atoms with E-state index in [0.29, 0.717) is 6.42 Å². The van der Waals surface area contributed by atoms with E-state index in [1.807, 2.05) is 54.6 Å². The summed E-state index contributed by atoms with van der Waals surface area (Å²) < 4.78 is 0. The van der Waals surface area contributed by atoms with Crippen molar-refractivity contribution in [2.45, 2.75) is 31.3 Å². The molecule has 0 spiro atoms. The lowest BCUT2D eigenvalue weighted by Crippen LogP contribution is -2.64. The Morgan fingerprint density at radius 1 is 1.07 bits per heavy atom. The predicted molar refractivity (Wildman–Crippen MR) is 109 cm³/mol. The van der Waals surface area contributed by atoms with Crippen molar-refractivity contribution in [3.05, 3.63) is 65.7 Å². The van der Waals surface area contributed by atoms with Gasteiger partial charge in [-0.15, -0.1) is 11.8 Å². The van der Waals surface area contributed by atoms with Crippen LogP contribution in [0.3, 0.4) is 0 Å². The zero-order valence-corrected chi connectivity index (χ0v) is 16.0. The third-order valence-corrected chi connectivity index (χ3v) is 5.31. The van der Waals surface area contributed by atoms with Crippen molar-refractivity contribution in [2.24, 2.45) is 0 Å². The van der Waals surface area contributed by atoms with Gasteiger partial charge in [-0.1, -0.05) is 55.5 Å². The van der Waals surface area contributed by atoms with Crippen LogP contribution >= 0.6 is 11.8 Å². The summed E-state index contributed by atoms with van der Waals surface area (Å²) in [4.78, 5) is 24.5. The lowest BCUT2D eigenvalue weighted by atomic mass is 10.1. The van der Waals surface area contributed by atoms with Crippen LogP contribution in [0.15, 0.2) is 54.6 Å². The highest BCUT2D eigenvalue weighted by Crippen LogP contribution is 2.17. The molecule has 2 aromatic rings. The molecule has 1 saturated heterocycles. The van der Waals surface area contributed by atoms with Gasteiger partial charge in [0.1, 0.15) is 11.5 Å². The van der Waals surface area contributed by atoms with E-state index < -0.39 is 0 Å². The number of carbonyl (C=O) groups excluding carboxylic acids is 2. The number of hydrogen-bond acceptors (Lipinski definition) is 5. The van der Waals surface area contributed by atoms with E-state index in [-0.39, 0.29) is 29.1 Å². The number of rotatable bonds is 7. The van der Waals surface area contributed by atoms with Crippen molar-refractivity contribution in [2.75, 3.05) is 11.1 Å². The number of hydrazine groups is 1. The third-order valence-electron chi connectivity index (χ3n) is 4.31. The normalized spacial score (nSPS) is 19.4. The molecule has 1 aliphatic rings. The number of nitrogens with one attached hydrogen (secondary N) is 4. The molecule has 2 amide bonds. The molecule has 0 aromatic heterocycles. The molecule has 2 aromatic carbocycles. The molecule has 0 saturated carbocycles. The SMILES string of the molecule is CCc1ccccc1NC(=O)CSC1NNC(Cc2ccccc2)C(=O)N1. The van der Waals surface area contributed by atoms with E-state index in [0.717, 1.165) is 23.2 Å². The maximum atomic E-state index is 12.3. The van der Waals surface area contributed by atoms with Crippen molar-refractivity contribution in [3.63, 3.8) is 0 Å². The minimum absolute atomic E-state index is 0.0770. The number of anilines is 1. The highest BCUT2D eigenvalue weighted by Gasteiger charge is 2.27. The molecule has 1 heterocycles. The Kier molecular flexibility index (Phi) is 6.86. The molecule has 2 unspecified atom stereocenters. The van der Waals surface area contributed by atoms with Gasteiger partial charge >= 0.3 is 0 Å². The van der Waals surface area contributed by atoms with Crippen LogP contribution in [0, 0.1) is 0 Å². The highest BCUT2D eigenvalue weighted by atomic mass is 32.2. The Balaban J connectivity index is 1.44. The number of benzene rings is 2.